The van der Waals surface area contributed by atoms with Crippen molar-refractivity contribution in [3.8, 4) is 5.82 Å². The first-order valence-corrected chi connectivity index (χ1v) is 8.93. The van der Waals surface area contributed by atoms with E-state index >= 15 is 0 Å². The number of anilines is 1. The van der Waals surface area contributed by atoms with E-state index in [4.69, 9.17) is 11.6 Å². The molecule has 1 unspecified atom stereocenters. The van der Waals surface area contributed by atoms with Crippen molar-refractivity contribution in [3.05, 3.63) is 73.3 Å². The average Bonchev–Trinajstić information content (AvgIpc) is 2.99. The monoisotopic (exact) mass is 416 g/mol. The van der Waals surface area contributed by atoms with Gasteiger partial charge in [-0.15, -0.1) is 5.10 Å². The van der Waals surface area contributed by atoms with Crippen LogP contribution in [0.1, 0.15) is 24.4 Å². The average molecular weight is 417 g/mol. The normalized spacial score (nSPS) is 11.9. The van der Waals surface area contributed by atoms with Crippen LogP contribution < -0.4 is 10.9 Å². The van der Waals surface area contributed by atoms with Crippen molar-refractivity contribution in [1.82, 2.24) is 19.6 Å². The summed E-state index contributed by atoms with van der Waals surface area (Å²) in [5, 5.41) is 22.4. The number of benzene rings is 1. The highest BCUT2D eigenvalue weighted by Gasteiger charge is 2.22. The van der Waals surface area contributed by atoms with Crippen molar-refractivity contribution in [2.75, 3.05) is 5.32 Å². The van der Waals surface area contributed by atoms with Gasteiger partial charge < -0.3 is 5.32 Å². The molecule has 11 heteroatoms. The lowest BCUT2D eigenvalue weighted by molar-refractivity contribution is -0.383. The molecule has 1 N–H and O–H groups in total. The van der Waals surface area contributed by atoms with Crippen LogP contribution in [0.4, 0.5) is 11.4 Å². The molecule has 0 fully saturated rings. The molecule has 0 aliphatic rings. The van der Waals surface area contributed by atoms with E-state index in [0.29, 0.717) is 5.82 Å². The minimum absolute atomic E-state index is 0.0675. The summed E-state index contributed by atoms with van der Waals surface area (Å²) >= 11 is 5.88. The lowest BCUT2D eigenvalue weighted by Gasteiger charge is -2.15. The molecular formula is C18H17ClN6O4. The van der Waals surface area contributed by atoms with E-state index in [2.05, 4.69) is 15.5 Å². The Kier molecular flexibility index (Phi) is 5.46. The number of nitrogens with one attached hydrogen (secondary N) is 1. The summed E-state index contributed by atoms with van der Waals surface area (Å²) in [6.45, 7) is 5.13. The Bertz CT molecular complexity index is 1170. The summed E-state index contributed by atoms with van der Waals surface area (Å²) in [6.07, 6.45) is 0. The number of carbonyl (C=O) groups is 1. The van der Waals surface area contributed by atoms with Crippen molar-refractivity contribution in [1.29, 1.82) is 0 Å². The molecule has 1 atom stereocenters. The molecule has 1 aromatic carbocycles. The number of nitro groups is 1. The Hall–Kier alpha value is -3.53. The quantitative estimate of drug-likeness (QED) is 0.503. The van der Waals surface area contributed by atoms with Gasteiger partial charge in [-0.1, -0.05) is 11.6 Å². The second-order valence-electron chi connectivity index (χ2n) is 6.40. The van der Waals surface area contributed by atoms with E-state index in [1.807, 2.05) is 19.9 Å². The first-order chi connectivity index (χ1) is 13.7. The van der Waals surface area contributed by atoms with E-state index < -0.39 is 22.4 Å². The molecule has 0 aliphatic carbocycles. The number of hydrogen-bond acceptors (Lipinski definition) is 6. The fourth-order valence-corrected chi connectivity index (χ4v) is 2.95. The van der Waals surface area contributed by atoms with Gasteiger partial charge in [-0.3, -0.25) is 19.7 Å². The van der Waals surface area contributed by atoms with Crippen molar-refractivity contribution in [2.45, 2.75) is 26.8 Å². The Balaban J connectivity index is 1.94. The Morgan fingerprint density at radius 1 is 1.21 bits per heavy atom. The van der Waals surface area contributed by atoms with Gasteiger partial charge >= 0.3 is 0 Å². The third kappa shape index (κ3) is 4.16. The maximum atomic E-state index is 12.7. The van der Waals surface area contributed by atoms with Crippen molar-refractivity contribution in [3.63, 3.8) is 0 Å². The number of nitro benzene ring substituents is 1. The van der Waals surface area contributed by atoms with Gasteiger partial charge in [0.1, 0.15) is 11.7 Å². The fraction of sp³-hybridized carbons (Fsp3) is 0.222. The summed E-state index contributed by atoms with van der Waals surface area (Å²) in [7, 11) is 0. The molecule has 0 aliphatic heterocycles. The number of halogens is 1. The van der Waals surface area contributed by atoms with Gasteiger partial charge in [-0.25, -0.2) is 9.36 Å². The van der Waals surface area contributed by atoms with E-state index in [1.165, 1.54) is 37.3 Å². The lowest BCUT2D eigenvalue weighted by Crippen LogP contribution is -2.34. The zero-order chi connectivity index (χ0) is 21.3. The Labute approximate surface area is 169 Å². The van der Waals surface area contributed by atoms with E-state index in [1.54, 1.807) is 4.68 Å². The van der Waals surface area contributed by atoms with Gasteiger partial charge in [0.2, 0.25) is 5.91 Å². The predicted octanol–water partition coefficient (Wildman–Crippen LogP) is 2.81. The molecule has 29 heavy (non-hydrogen) atoms. The molecule has 0 saturated carbocycles. The van der Waals surface area contributed by atoms with Gasteiger partial charge in [0, 0.05) is 22.8 Å². The number of carbonyl (C=O) groups excluding carboxylic acids is 1. The van der Waals surface area contributed by atoms with Crippen LogP contribution in [0, 0.1) is 24.0 Å². The second-order valence-corrected chi connectivity index (χ2v) is 6.83. The van der Waals surface area contributed by atoms with E-state index in [-0.39, 0.29) is 16.4 Å². The number of aryl methyl sites for hydroxylation is 2. The molecule has 150 valence electrons. The van der Waals surface area contributed by atoms with Crippen LogP contribution in [0.3, 0.4) is 0 Å². The largest absolute Gasteiger partial charge is 0.318 e. The minimum atomic E-state index is -1.04. The molecule has 0 radical (unpaired) electrons. The van der Waals surface area contributed by atoms with Gasteiger partial charge in [0.05, 0.1) is 10.6 Å². The molecule has 2 aromatic heterocycles. The number of amides is 1. The highest BCUT2D eigenvalue weighted by molar-refractivity contribution is 6.31. The zero-order valence-corrected chi connectivity index (χ0v) is 16.5. The summed E-state index contributed by atoms with van der Waals surface area (Å²) in [6, 6.07) is 7.41. The van der Waals surface area contributed by atoms with Crippen molar-refractivity contribution < 1.29 is 9.72 Å². The minimum Gasteiger partial charge on any atom is -0.318 e. The zero-order valence-electron chi connectivity index (χ0n) is 15.8. The molecule has 3 rings (SSSR count). The molecular weight excluding hydrogens is 400 g/mol. The van der Waals surface area contributed by atoms with Crippen LogP contribution in [0.2, 0.25) is 5.02 Å². The van der Waals surface area contributed by atoms with Crippen LogP contribution in [-0.2, 0) is 4.79 Å². The standard InChI is InChI=1S/C18H17ClN6O4/c1-10-8-11(2)23(21-10)16-6-7-17(26)24(22-16)12(3)18(27)20-14-9-13(19)4-5-15(14)25(28)29/h4-9,12H,1-3H3,(H,20,27). The van der Waals surface area contributed by atoms with Gasteiger partial charge in [-0.2, -0.15) is 5.10 Å². The van der Waals surface area contributed by atoms with E-state index in [0.717, 1.165) is 16.1 Å². The van der Waals surface area contributed by atoms with Crippen molar-refractivity contribution in [2.24, 2.45) is 0 Å². The Morgan fingerprint density at radius 2 is 1.93 bits per heavy atom. The Morgan fingerprint density at radius 3 is 2.55 bits per heavy atom. The van der Waals surface area contributed by atoms with E-state index in [9.17, 15) is 19.7 Å². The highest BCUT2D eigenvalue weighted by atomic mass is 35.5. The van der Waals surface area contributed by atoms with Gasteiger partial charge in [0.15, 0.2) is 5.82 Å². The third-order valence-electron chi connectivity index (χ3n) is 4.20. The molecule has 3 aromatic rings. The smallest absolute Gasteiger partial charge is 0.292 e. The topological polar surface area (TPSA) is 125 Å². The second kappa shape index (κ2) is 7.84. The lowest BCUT2D eigenvalue weighted by atomic mass is 10.2. The first kappa shape index (κ1) is 20.2. The highest BCUT2D eigenvalue weighted by Crippen LogP contribution is 2.28. The fourth-order valence-electron chi connectivity index (χ4n) is 2.78. The maximum Gasteiger partial charge on any atom is 0.292 e. The van der Waals surface area contributed by atoms with Crippen LogP contribution in [0.15, 0.2) is 41.2 Å². The summed E-state index contributed by atoms with van der Waals surface area (Å²) in [5.74, 6) is -0.293. The summed E-state index contributed by atoms with van der Waals surface area (Å²) < 4.78 is 2.55. The maximum absolute atomic E-state index is 12.7. The number of aromatic nitrogens is 4. The van der Waals surface area contributed by atoms with Crippen LogP contribution in [0.25, 0.3) is 5.82 Å². The molecule has 2 heterocycles. The van der Waals surface area contributed by atoms with Gasteiger partial charge in [-0.05, 0) is 45.0 Å². The molecule has 0 saturated heterocycles. The molecule has 0 spiro atoms. The number of nitrogens with zero attached hydrogens (tertiary/aromatic N) is 5. The number of hydrogen-bond donors (Lipinski definition) is 1. The summed E-state index contributed by atoms with van der Waals surface area (Å²) in [5.41, 5.74) is 0.709. The van der Waals surface area contributed by atoms with Crippen LogP contribution >= 0.6 is 11.6 Å². The molecule has 1 amide bonds. The third-order valence-corrected chi connectivity index (χ3v) is 4.43. The summed E-state index contributed by atoms with van der Waals surface area (Å²) in [4.78, 5) is 35.5. The molecule has 0 bridgehead atoms. The van der Waals surface area contributed by atoms with Gasteiger partial charge in [0.25, 0.3) is 11.2 Å². The molecule has 10 nitrogen and oxygen atoms in total. The van der Waals surface area contributed by atoms with Crippen LogP contribution in [-0.4, -0.2) is 30.4 Å². The first-order valence-electron chi connectivity index (χ1n) is 8.55. The van der Waals surface area contributed by atoms with Crippen LogP contribution in [0.5, 0.6) is 0 Å². The predicted molar refractivity (Wildman–Crippen MR) is 107 cm³/mol. The van der Waals surface area contributed by atoms with Crippen molar-refractivity contribution >= 4 is 28.9 Å². The SMILES string of the molecule is Cc1cc(C)n(-c2ccc(=O)n(C(C)C(=O)Nc3cc(Cl)ccc3[N+](=O)[O-])n2)n1. The number of rotatable bonds is 5.